The van der Waals surface area contributed by atoms with Crippen molar-refractivity contribution in [2.24, 2.45) is 0 Å². The fourth-order valence-electron chi connectivity index (χ4n) is 1.94. The highest BCUT2D eigenvalue weighted by Gasteiger charge is 2.12. The van der Waals surface area contributed by atoms with E-state index in [2.05, 4.69) is 10.6 Å². The van der Waals surface area contributed by atoms with E-state index < -0.39 is 0 Å². The standard InChI is InChI=1S/C13H18N2OS/c16-13(7-6-12-5-3-9-17-12)15-11-4-1-2-8-14-10-11/h3,5-7,9,11,14H,1-2,4,8,10H2,(H,15,16). The minimum absolute atomic E-state index is 0.00657. The molecule has 1 aliphatic rings. The predicted molar refractivity (Wildman–Crippen MR) is 72.0 cm³/mol. The molecule has 1 aromatic rings. The first-order valence-electron chi connectivity index (χ1n) is 6.07. The summed E-state index contributed by atoms with van der Waals surface area (Å²) in [5.74, 6) is 0.00657. The number of hydrogen-bond donors (Lipinski definition) is 2. The van der Waals surface area contributed by atoms with Crippen molar-refractivity contribution in [3.05, 3.63) is 28.5 Å². The van der Waals surface area contributed by atoms with Crippen LogP contribution in [0.3, 0.4) is 0 Å². The van der Waals surface area contributed by atoms with Gasteiger partial charge in [0.25, 0.3) is 0 Å². The smallest absolute Gasteiger partial charge is 0.244 e. The highest BCUT2D eigenvalue weighted by Crippen LogP contribution is 2.10. The van der Waals surface area contributed by atoms with Gasteiger partial charge in [0.1, 0.15) is 0 Å². The molecule has 2 heterocycles. The van der Waals surface area contributed by atoms with E-state index in [1.165, 1.54) is 12.8 Å². The third-order valence-electron chi connectivity index (χ3n) is 2.84. The van der Waals surface area contributed by atoms with Crippen molar-refractivity contribution in [2.75, 3.05) is 13.1 Å². The van der Waals surface area contributed by atoms with E-state index in [4.69, 9.17) is 0 Å². The molecule has 1 unspecified atom stereocenters. The van der Waals surface area contributed by atoms with Crippen molar-refractivity contribution in [1.29, 1.82) is 0 Å². The molecule has 2 N–H and O–H groups in total. The van der Waals surface area contributed by atoms with Crippen LogP contribution in [0.5, 0.6) is 0 Å². The summed E-state index contributed by atoms with van der Waals surface area (Å²) in [5, 5.41) is 8.38. The number of rotatable bonds is 3. The largest absolute Gasteiger partial charge is 0.349 e. The number of thiophene rings is 1. The number of carbonyl (C=O) groups excluding carboxylic acids is 1. The van der Waals surface area contributed by atoms with E-state index >= 15 is 0 Å². The molecule has 0 spiro atoms. The van der Waals surface area contributed by atoms with Gasteiger partial charge < -0.3 is 10.6 Å². The van der Waals surface area contributed by atoms with Gasteiger partial charge in [-0.05, 0) is 36.9 Å². The number of carbonyl (C=O) groups is 1. The van der Waals surface area contributed by atoms with Gasteiger partial charge in [-0.25, -0.2) is 0 Å². The lowest BCUT2D eigenvalue weighted by molar-refractivity contribution is -0.117. The minimum Gasteiger partial charge on any atom is -0.349 e. The van der Waals surface area contributed by atoms with E-state index in [-0.39, 0.29) is 11.9 Å². The van der Waals surface area contributed by atoms with Crippen LogP contribution in [-0.2, 0) is 4.79 Å². The summed E-state index contributed by atoms with van der Waals surface area (Å²) < 4.78 is 0. The lowest BCUT2D eigenvalue weighted by Gasteiger charge is -2.14. The number of nitrogens with one attached hydrogen (secondary N) is 2. The molecule has 1 aliphatic heterocycles. The van der Waals surface area contributed by atoms with E-state index in [0.29, 0.717) is 0 Å². The van der Waals surface area contributed by atoms with Crippen LogP contribution in [0.1, 0.15) is 24.1 Å². The molecule has 1 aromatic heterocycles. The van der Waals surface area contributed by atoms with Crippen LogP contribution in [0.25, 0.3) is 6.08 Å². The van der Waals surface area contributed by atoms with Crippen LogP contribution in [0.15, 0.2) is 23.6 Å². The van der Waals surface area contributed by atoms with Crippen LogP contribution >= 0.6 is 11.3 Å². The van der Waals surface area contributed by atoms with Gasteiger partial charge in [-0.3, -0.25) is 4.79 Å². The van der Waals surface area contributed by atoms with Gasteiger partial charge in [0, 0.05) is 23.5 Å². The maximum Gasteiger partial charge on any atom is 0.244 e. The van der Waals surface area contributed by atoms with E-state index in [0.717, 1.165) is 24.4 Å². The van der Waals surface area contributed by atoms with Gasteiger partial charge in [-0.1, -0.05) is 12.5 Å². The Bertz CT molecular complexity index is 365. The highest BCUT2D eigenvalue weighted by molar-refractivity contribution is 7.10. The summed E-state index contributed by atoms with van der Waals surface area (Å²) in [6.07, 6.45) is 6.95. The molecule has 92 valence electrons. The molecular weight excluding hydrogens is 232 g/mol. The zero-order valence-corrected chi connectivity index (χ0v) is 10.6. The molecule has 1 saturated heterocycles. The van der Waals surface area contributed by atoms with E-state index in [9.17, 15) is 4.79 Å². The first-order chi connectivity index (χ1) is 8.34. The summed E-state index contributed by atoms with van der Waals surface area (Å²) in [6.45, 7) is 1.95. The Kier molecular flexibility index (Phi) is 4.76. The van der Waals surface area contributed by atoms with Crippen molar-refractivity contribution in [1.82, 2.24) is 10.6 Å². The van der Waals surface area contributed by atoms with Crippen molar-refractivity contribution in [3.8, 4) is 0 Å². The van der Waals surface area contributed by atoms with Crippen LogP contribution in [-0.4, -0.2) is 25.0 Å². The molecule has 1 fully saturated rings. The van der Waals surface area contributed by atoms with Crippen molar-refractivity contribution in [2.45, 2.75) is 25.3 Å². The molecule has 0 aromatic carbocycles. The molecule has 3 nitrogen and oxygen atoms in total. The molecular formula is C13H18N2OS. The lowest BCUT2D eigenvalue weighted by Crippen LogP contribution is -2.40. The molecule has 2 rings (SSSR count). The topological polar surface area (TPSA) is 41.1 Å². The van der Waals surface area contributed by atoms with Crippen LogP contribution in [0, 0.1) is 0 Å². The summed E-state index contributed by atoms with van der Waals surface area (Å²) >= 11 is 1.64. The van der Waals surface area contributed by atoms with Gasteiger partial charge >= 0.3 is 0 Å². The number of amides is 1. The highest BCUT2D eigenvalue weighted by atomic mass is 32.1. The SMILES string of the molecule is O=C(C=Cc1cccs1)NC1CCCCNC1. The van der Waals surface area contributed by atoms with Gasteiger partial charge in [0.2, 0.25) is 5.91 Å². The fraction of sp³-hybridized carbons (Fsp3) is 0.462. The van der Waals surface area contributed by atoms with Gasteiger partial charge in [-0.15, -0.1) is 11.3 Å². The third kappa shape index (κ3) is 4.32. The minimum atomic E-state index is 0.00657. The second kappa shape index (κ2) is 6.57. The average Bonchev–Trinajstić information content (AvgIpc) is 2.72. The molecule has 0 radical (unpaired) electrons. The van der Waals surface area contributed by atoms with E-state index in [1.54, 1.807) is 17.4 Å². The second-order valence-electron chi connectivity index (χ2n) is 4.25. The normalized spacial score (nSPS) is 21.3. The maximum absolute atomic E-state index is 11.7. The van der Waals surface area contributed by atoms with Gasteiger partial charge in [0.05, 0.1) is 0 Å². The summed E-state index contributed by atoms with van der Waals surface area (Å²) in [7, 11) is 0. The third-order valence-corrected chi connectivity index (χ3v) is 3.67. The van der Waals surface area contributed by atoms with Crippen molar-refractivity contribution < 1.29 is 4.79 Å². The van der Waals surface area contributed by atoms with E-state index in [1.807, 2.05) is 23.6 Å². The molecule has 0 saturated carbocycles. The zero-order chi connectivity index (χ0) is 11.9. The summed E-state index contributed by atoms with van der Waals surface area (Å²) in [5.41, 5.74) is 0. The molecule has 0 bridgehead atoms. The average molecular weight is 250 g/mol. The van der Waals surface area contributed by atoms with Crippen molar-refractivity contribution in [3.63, 3.8) is 0 Å². The van der Waals surface area contributed by atoms with Crippen molar-refractivity contribution >= 4 is 23.3 Å². The Balaban J connectivity index is 1.80. The molecule has 17 heavy (non-hydrogen) atoms. The number of hydrogen-bond acceptors (Lipinski definition) is 3. The Hall–Kier alpha value is -1.13. The Morgan fingerprint density at radius 1 is 1.53 bits per heavy atom. The van der Waals surface area contributed by atoms with Crippen LogP contribution < -0.4 is 10.6 Å². The summed E-state index contributed by atoms with van der Waals surface area (Å²) in [4.78, 5) is 12.8. The first-order valence-corrected chi connectivity index (χ1v) is 6.95. The Morgan fingerprint density at radius 3 is 3.29 bits per heavy atom. The quantitative estimate of drug-likeness (QED) is 0.806. The molecule has 4 heteroatoms. The Morgan fingerprint density at radius 2 is 2.47 bits per heavy atom. The predicted octanol–water partition coefficient (Wildman–Crippen LogP) is 2.02. The first kappa shape index (κ1) is 12.3. The Labute approximate surface area is 106 Å². The molecule has 1 amide bonds. The molecule has 0 aliphatic carbocycles. The van der Waals surface area contributed by atoms with Gasteiger partial charge in [0.15, 0.2) is 0 Å². The zero-order valence-electron chi connectivity index (χ0n) is 9.82. The second-order valence-corrected chi connectivity index (χ2v) is 5.23. The summed E-state index contributed by atoms with van der Waals surface area (Å²) in [6, 6.07) is 4.26. The van der Waals surface area contributed by atoms with Crippen LogP contribution in [0.2, 0.25) is 0 Å². The lowest BCUT2D eigenvalue weighted by atomic mass is 10.1. The maximum atomic E-state index is 11.7. The van der Waals surface area contributed by atoms with Gasteiger partial charge in [-0.2, -0.15) is 0 Å². The monoisotopic (exact) mass is 250 g/mol. The fourth-order valence-corrected chi connectivity index (χ4v) is 2.55. The molecule has 1 atom stereocenters. The van der Waals surface area contributed by atoms with Crippen LogP contribution in [0.4, 0.5) is 0 Å².